The second-order valence-corrected chi connectivity index (χ2v) is 5.49. The van der Waals surface area contributed by atoms with Crippen LogP contribution in [-0.4, -0.2) is 31.2 Å². The molecule has 0 unspecified atom stereocenters. The molecule has 0 aliphatic carbocycles. The minimum absolute atomic E-state index is 0.749. The summed E-state index contributed by atoms with van der Waals surface area (Å²) < 4.78 is 5.60. The molecule has 0 radical (unpaired) electrons. The van der Waals surface area contributed by atoms with E-state index in [0.717, 1.165) is 29.0 Å². The van der Waals surface area contributed by atoms with Crippen molar-refractivity contribution >= 4 is 23.4 Å². The molecule has 88 valence electrons. The van der Waals surface area contributed by atoms with Crippen LogP contribution in [-0.2, 0) is 0 Å². The quantitative estimate of drug-likeness (QED) is 0.792. The van der Waals surface area contributed by atoms with Gasteiger partial charge in [-0.15, -0.1) is 0 Å². The Hall–Kier alpha value is -0.380. The van der Waals surface area contributed by atoms with Gasteiger partial charge in [0.25, 0.3) is 0 Å². The van der Waals surface area contributed by atoms with E-state index in [-0.39, 0.29) is 0 Å². The monoisotopic (exact) mass is 257 g/mol. The topological polar surface area (TPSA) is 21.3 Å². The number of ether oxygens (including phenoxy) is 1. The number of halogens is 1. The Kier molecular flexibility index (Phi) is 4.82. The van der Waals surface area contributed by atoms with Crippen molar-refractivity contribution in [1.82, 2.24) is 5.32 Å². The summed E-state index contributed by atoms with van der Waals surface area (Å²) in [6, 6.07) is 7.51. The third-order valence-electron chi connectivity index (χ3n) is 2.53. The lowest BCUT2D eigenvalue weighted by molar-refractivity contribution is 0.343. The standard InChI is InChI=1S/C12H16ClNOS/c13-11-1-3-12(4-2-11)15-5-6-16-9-10-7-14-8-10/h1-4,10,14H,5-9H2. The number of hydrogen-bond acceptors (Lipinski definition) is 3. The first-order chi connectivity index (χ1) is 7.84. The smallest absolute Gasteiger partial charge is 0.119 e. The van der Waals surface area contributed by atoms with E-state index in [9.17, 15) is 0 Å². The van der Waals surface area contributed by atoms with E-state index in [1.54, 1.807) is 0 Å². The molecule has 0 spiro atoms. The molecule has 2 rings (SSSR count). The average molecular weight is 258 g/mol. The second-order valence-electron chi connectivity index (χ2n) is 3.90. The number of benzene rings is 1. The van der Waals surface area contributed by atoms with Gasteiger partial charge in [-0.25, -0.2) is 0 Å². The lowest BCUT2D eigenvalue weighted by Gasteiger charge is -2.26. The fourth-order valence-electron chi connectivity index (χ4n) is 1.47. The predicted octanol–water partition coefficient (Wildman–Crippen LogP) is 2.67. The van der Waals surface area contributed by atoms with Crippen molar-refractivity contribution in [3.63, 3.8) is 0 Å². The molecular formula is C12H16ClNOS. The van der Waals surface area contributed by atoms with Gasteiger partial charge in [0.05, 0.1) is 6.61 Å². The molecule has 1 aromatic carbocycles. The van der Waals surface area contributed by atoms with Crippen LogP contribution in [0.15, 0.2) is 24.3 Å². The van der Waals surface area contributed by atoms with Crippen molar-refractivity contribution in [2.75, 3.05) is 31.2 Å². The van der Waals surface area contributed by atoms with Gasteiger partial charge in [0.15, 0.2) is 0 Å². The Bertz CT molecular complexity index is 313. The van der Waals surface area contributed by atoms with Crippen molar-refractivity contribution in [2.45, 2.75) is 0 Å². The highest BCUT2D eigenvalue weighted by Crippen LogP contribution is 2.16. The van der Waals surface area contributed by atoms with E-state index in [1.807, 2.05) is 36.0 Å². The van der Waals surface area contributed by atoms with Crippen molar-refractivity contribution in [3.05, 3.63) is 29.3 Å². The first-order valence-corrected chi connectivity index (χ1v) is 7.05. The molecule has 1 aliphatic heterocycles. The van der Waals surface area contributed by atoms with Gasteiger partial charge in [-0.05, 0) is 49.0 Å². The molecular weight excluding hydrogens is 242 g/mol. The third-order valence-corrected chi connectivity index (χ3v) is 3.94. The highest BCUT2D eigenvalue weighted by molar-refractivity contribution is 7.99. The van der Waals surface area contributed by atoms with Crippen LogP contribution >= 0.6 is 23.4 Å². The molecule has 16 heavy (non-hydrogen) atoms. The molecule has 0 atom stereocenters. The highest BCUT2D eigenvalue weighted by Gasteiger charge is 2.15. The van der Waals surface area contributed by atoms with E-state index in [2.05, 4.69) is 5.32 Å². The molecule has 1 saturated heterocycles. The molecule has 1 aromatic rings. The van der Waals surface area contributed by atoms with Gasteiger partial charge < -0.3 is 10.1 Å². The summed E-state index contributed by atoms with van der Waals surface area (Å²) in [5.74, 6) is 4.08. The van der Waals surface area contributed by atoms with Crippen LogP contribution in [0.25, 0.3) is 0 Å². The lowest BCUT2D eigenvalue weighted by atomic mass is 10.1. The fourth-order valence-corrected chi connectivity index (χ4v) is 2.53. The largest absolute Gasteiger partial charge is 0.493 e. The lowest BCUT2D eigenvalue weighted by Crippen LogP contribution is -2.43. The van der Waals surface area contributed by atoms with E-state index >= 15 is 0 Å². The van der Waals surface area contributed by atoms with Crippen LogP contribution in [0.2, 0.25) is 5.02 Å². The zero-order valence-corrected chi connectivity index (χ0v) is 10.7. The first kappa shape index (κ1) is 12.1. The van der Waals surface area contributed by atoms with Crippen molar-refractivity contribution in [1.29, 1.82) is 0 Å². The summed E-state index contributed by atoms with van der Waals surface area (Å²) in [6.07, 6.45) is 0. The number of nitrogens with one attached hydrogen (secondary N) is 1. The summed E-state index contributed by atoms with van der Waals surface area (Å²) in [6.45, 7) is 3.14. The van der Waals surface area contributed by atoms with Crippen LogP contribution in [0.4, 0.5) is 0 Å². The zero-order valence-electron chi connectivity index (χ0n) is 9.12. The molecule has 1 aliphatic rings. The van der Waals surface area contributed by atoms with Gasteiger partial charge in [0, 0.05) is 10.8 Å². The minimum atomic E-state index is 0.749. The molecule has 1 N–H and O–H groups in total. The van der Waals surface area contributed by atoms with Gasteiger partial charge in [-0.1, -0.05) is 11.6 Å². The van der Waals surface area contributed by atoms with E-state index in [1.165, 1.54) is 18.8 Å². The number of hydrogen-bond donors (Lipinski definition) is 1. The van der Waals surface area contributed by atoms with E-state index in [4.69, 9.17) is 16.3 Å². The zero-order chi connectivity index (χ0) is 11.2. The van der Waals surface area contributed by atoms with Gasteiger partial charge in [0.2, 0.25) is 0 Å². The number of rotatable bonds is 6. The van der Waals surface area contributed by atoms with Gasteiger partial charge in [-0.3, -0.25) is 0 Å². The Morgan fingerprint density at radius 2 is 2.06 bits per heavy atom. The van der Waals surface area contributed by atoms with Gasteiger partial charge in [0.1, 0.15) is 5.75 Å². The van der Waals surface area contributed by atoms with Gasteiger partial charge >= 0.3 is 0 Å². The molecule has 2 nitrogen and oxygen atoms in total. The Balaban J connectivity index is 1.55. The Morgan fingerprint density at radius 1 is 1.31 bits per heavy atom. The van der Waals surface area contributed by atoms with Crippen molar-refractivity contribution < 1.29 is 4.74 Å². The maximum absolute atomic E-state index is 5.79. The molecule has 1 fully saturated rings. The van der Waals surface area contributed by atoms with E-state index in [0.29, 0.717) is 0 Å². The first-order valence-electron chi connectivity index (χ1n) is 5.51. The van der Waals surface area contributed by atoms with Crippen LogP contribution in [0, 0.1) is 5.92 Å². The maximum atomic E-state index is 5.79. The van der Waals surface area contributed by atoms with Crippen LogP contribution < -0.4 is 10.1 Å². The second kappa shape index (κ2) is 6.38. The molecule has 1 heterocycles. The van der Waals surface area contributed by atoms with E-state index < -0.39 is 0 Å². The molecule has 4 heteroatoms. The van der Waals surface area contributed by atoms with Crippen LogP contribution in [0.3, 0.4) is 0 Å². The van der Waals surface area contributed by atoms with Crippen molar-refractivity contribution in [3.8, 4) is 5.75 Å². The highest BCUT2D eigenvalue weighted by atomic mass is 35.5. The maximum Gasteiger partial charge on any atom is 0.119 e. The predicted molar refractivity (Wildman–Crippen MR) is 70.6 cm³/mol. The average Bonchev–Trinajstić information content (AvgIpc) is 2.23. The number of thioether (sulfide) groups is 1. The van der Waals surface area contributed by atoms with Crippen molar-refractivity contribution in [2.24, 2.45) is 5.92 Å². The minimum Gasteiger partial charge on any atom is -0.493 e. The van der Waals surface area contributed by atoms with Gasteiger partial charge in [-0.2, -0.15) is 11.8 Å². The Morgan fingerprint density at radius 3 is 2.69 bits per heavy atom. The summed E-state index contributed by atoms with van der Waals surface area (Å²) >= 11 is 7.76. The third kappa shape index (κ3) is 3.89. The summed E-state index contributed by atoms with van der Waals surface area (Å²) in [7, 11) is 0. The fraction of sp³-hybridized carbons (Fsp3) is 0.500. The Labute approximate surface area is 106 Å². The summed E-state index contributed by atoms with van der Waals surface area (Å²) in [5, 5.41) is 4.03. The van der Waals surface area contributed by atoms with Crippen LogP contribution in [0.1, 0.15) is 0 Å². The van der Waals surface area contributed by atoms with Crippen LogP contribution in [0.5, 0.6) is 5.75 Å². The summed E-state index contributed by atoms with van der Waals surface area (Å²) in [5.41, 5.74) is 0. The summed E-state index contributed by atoms with van der Waals surface area (Å²) in [4.78, 5) is 0. The molecule has 0 saturated carbocycles. The molecule has 0 bridgehead atoms. The SMILES string of the molecule is Clc1ccc(OCCSCC2CNC2)cc1. The molecule has 0 aromatic heterocycles. The molecule has 0 amide bonds. The normalized spacial score (nSPS) is 15.8.